The minimum absolute atomic E-state index is 0.0557. The van der Waals surface area contributed by atoms with Crippen LogP contribution in [0.2, 0.25) is 5.02 Å². The van der Waals surface area contributed by atoms with Gasteiger partial charge in [-0.1, -0.05) is 61.8 Å². The summed E-state index contributed by atoms with van der Waals surface area (Å²) < 4.78 is 13.8. The zero-order chi connectivity index (χ0) is 24.8. The molecule has 1 aromatic heterocycles. The molecular formula is C29H30ClFN4. The number of aryl methyl sites for hydroxylation is 1. The van der Waals surface area contributed by atoms with Crippen LogP contribution in [0.5, 0.6) is 0 Å². The van der Waals surface area contributed by atoms with Gasteiger partial charge in [0.15, 0.2) is 0 Å². The minimum atomic E-state index is -0.436. The number of imidazole rings is 1. The molecule has 3 aromatic carbocycles. The lowest BCUT2D eigenvalue weighted by Crippen LogP contribution is -2.40. The fourth-order valence-electron chi connectivity index (χ4n) is 4.91. The Bertz CT molecular complexity index is 1290. The molecule has 35 heavy (non-hydrogen) atoms. The van der Waals surface area contributed by atoms with Crippen molar-refractivity contribution in [2.45, 2.75) is 44.9 Å². The third kappa shape index (κ3) is 5.40. The zero-order valence-corrected chi connectivity index (χ0v) is 20.9. The smallest absolute Gasteiger partial charge is 0.144 e. The Hall–Kier alpha value is -3.20. The summed E-state index contributed by atoms with van der Waals surface area (Å²) in [7, 11) is 0. The molecule has 180 valence electrons. The van der Waals surface area contributed by atoms with Crippen LogP contribution in [0.1, 0.15) is 50.1 Å². The van der Waals surface area contributed by atoms with Crippen LogP contribution in [0.4, 0.5) is 4.39 Å². The summed E-state index contributed by atoms with van der Waals surface area (Å²) in [6, 6.07) is 21.7. The van der Waals surface area contributed by atoms with Gasteiger partial charge in [-0.15, -0.1) is 0 Å². The van der Waals surface area contributed by atoms with Crippen LogP contribution in [0.3, 0.4) is 0 Å². The molecule has 1 aliphatic heterocycles. The number of aromatic nitrogens is 2. The number of nitrogens with one attached hydrogen (secondary N) is 2. The van der Waals surface area contributed by atoms with Crippen molar-refractivity contribution < 1.29 is 4.39 Å². The second-order valence-corrected chi connectivity index (χ2v) is 9.17. The molecule has 4 nitrogen and oxygen atoms in total. The van der Waals surface area contributed by atoms with Gasteiger partial charge in [-0.3, -0.25) is 0 Å². The van der Waals surface area contributed by atoms with Gasteiger partial charge in [-0.2, -0.15) is 5.26 Å². The predicted molar refractivity (Wildman–Crippen MR) is 141 cm³/mol. The van der Waals surface area contributed by atoms with E-state index < -0.39 is 5.82 Å². The molecule has 1 saturated heterocycles. The highest BCUT2D eigenvalue weighted by molar-refractivity contribution is 6.31. The van der Waals surface area contributed by atoms with Crippen LogP contribution in [-0.2, 0) is 11.8 Å². The lowest BCUT2D eigenvalue weighted by Gasteiger charge is -2.38. The van der Waals surface area contributed by atoms with E-state index in [0.717, 1.165) is 55.7 Å². The number of nitrogens with zero attached hydrogens (tertiary/aromatic N) is 2. The van der Waals surface area contributed by atoms with E-state index in [0.29, 0.717) is 16.6 Å². The minimum Gasteiger partial charge on any atom is -0.342 e. The maximum absolute atomic E-state index is 13.8. The van der Waals surface area contributed by atoms with Crippen molar-refractivity contribution in [1.29, 1.82) is 5.26 Å². The molecule has 6 heteroatoms. The maximum atomic E-state index is 13.8. The van der Waals surface area contributed by atoms with Crippen molar-refractivity contribution in [3.05, 3.63) is 88.5 Å². The van der Waals surface area contributed by atoms with Crippen LogP contribution < -0.4 is 5.32 Å². The highest BCUT2D eigenvalue weighted by Gasteiger charge is 2.33. The molecule has 0 atom stereocenters. The van der Waals surface area contributed by atoms with E-state index in [1.165, 1.54) is 11.6 Å². The summed E-state index contributed by atoms with van der Waals surface area (Å²) in [4.78, 5) is 7.91. The SMILES string of the molecule is CC.N#Cc1cccc(-c2ccc(C3(CCc4nc5cc(Cl)c(F)cc5[nH]4)CCNCC3)cc2)c1. The van der Waals surface area contributed by atoms with Gasteiger partial charge < -0.3 is 10.3 Å². The zero-order valence-electron chi connectivity index (χ0n) is 20.2. The second-order valence-electron chi connectivity index (χ2n) is 8.77. The Morgan fingerprint density at radius 1 is 1.03 bits per heavy atom. The van der Waals surface area contributed by atoms with E-state index in [4.69, 9.17) is 11.6 Å². The molecule has 0 amide bonds. The van der Waals surface area contributed by atoms with Crippen molar-refractivity contribution >= 4 is 22.6 Å². The summed E-state index contributed by atoms with van der Waals surface area (Å²) >= 11 is 5.92. The fraction of sp³-hybridized carbons (Fsp3) is 0.310. The number of H-pyrrole nitrogens is 1. The van der Waals surface area contributed by atoms with E-state index in [2.05, 4.69) is 45.6 Å². The average Bonchev–Trinajstić information content (AvgIpc) is 3.31. The second kappa shape index (κ2) is 11.0. The van der Waals surface area contributed by atoms with Crippen molar-refractivity contribution in [2.24, 2.45) is 0 Å². The van der Waals surface area contributed by atoms with Crippen molar-refractivity contribution in [1.82, 2.24) is 15.3 Å². The maximum Gasteiger partial charge on any atom is 0.144 e. The third-order valence-corrected chi connectivity index (χ3v) is 7.09. The number of nitriles is 1. The van der Waals surface area contributed by atoms with Gasteiger partial charge in [0, 0.05) is 12.5 Å². The van der Waals surface area contributed by atoms with E-state index in [9.17, 15) is 9.65 Å². The van der Waals surface area contributed by atoms with Gasteiger partial charge in [-0.25, -0.2) is 9.37 Å². The number of aromatic amines is 1. The van der Waals surface area contributed by atoms with E-state index in [1.54, 1.807) is 6.07 Å². The number of rotatable bonds is 5. The molecule has 0 unspecified atom stereocenters. The molecule has 0 radical (unpaired) electrons. The summed E-state index contributed by atoms with van der Waals surface area (Å²) in [5, 5.41) is 12.8. The average molecular weight is 489 g/mol. The van der Waals surface area contributed by atoms with Crippen LogP contribution in [0.15, 0.2) is 60.7 Å². The Balaban J connectivity index is 0.00000141. The van der Waals surface area contributed by atoms with Gasteiger partial charge in [0.25, 0.3) is 0 Å². The summed E-state index contributed by atoms with van der Waals surface area (Å²) in [5.74, 6) is 0.420. The molecule has 0 bridgehead atoms. The number of hydrogen-bond donors (Lipinski definition) is 2. The molecule has 4 aromatic rings. The lowest BCUT2D eigenvalue weighted by atomic mass is 9.70. The molecule has 0 saturated carbocycles. The number of piperidine rings is 1. The quantitative estimate of drug-likeness (QED) is 0.313. The molecule has 2 heterocycles. The number of halogens is 2. The number of fused-ring (bicyclic) bond motifs is 1. The molecule has 2 N–H and O–H groups in total. The van der Waals surface area contributed by atoms with Crippen LogP contribution in [0.25, 0.3) is 22.2 Å². The van der Waals surface area contributed by atoms with Crippen LogP contribution >= 0.6 is 11.6 Å². The van der Waals surface area contributed by atoms with Gasteiger partial charge in [0.2, 0.25) is 0 Å². The standard InChI is InChI=1S/C27H24ClFN4.C2H6/c28-22-15-24-25(16-23(22)29)33-26(32-24)8-9-27(10-12-31-13-11-27)21-6-4-19(5-7-21)20-3-1-2-18(14-20)17-30;1-2/h1-7,14-16,31H,8-13H2,(H,32,33);1-2H3. The fourth-order valence-corrected chi connectivity index (χ4v) is 5.06. The van der Waals surface area contributed by atoms with E-state index >= 15 is 0 Å². The van der Waals surface area contributed by atoms with Gasteiger partial charge in [0.1, 0.15) is 11.6 Å². The number of benzene rings is 3. The van der Waals surface area contributed by atoms with Gasteiger partial charge >= 0.3 is 0 Å². The van der Waals surface area contributed by atoms with E-state index in [-0.39, 0.29) is 10.4 Å². The van der Waals surface area contributed by atoms with Gasteiger partial charge in [-0.05, 0) is 72.7 Å². The Labute approximate surface area is 211 Å². The molecular weight excluding hydrogens is 459 g/mol. The summed E-state index contributed by atoms with van der Waals surface area (Å²) in [6.45, 7) is 5.96. The predicted octanol–water partition coefficient (Wildman–Crippen LogP) is 7.17. The largest absolute Gasteiger partial charge is 0.342 e. The Kier molecular flexibility index (Phi) is 7.85. The van der Waals surface area contributed by atoms with Gasteiger partial charge in [0.05, 0.1) is 27.7 Å². The highest BCUT2D eigenvalue weighted by atomic mass is 35.5. The molecule has 1 aliphatic rings. The Morgan fingerprint density at radius 3 is 2.49 bits per heavy atom. The topological polar surface area (TPSA) is 64.5 Å². The normalized spacial score (nSPS) is 14.7. The molecule has 1 fully saturated rings. The molecule has 5 rings (SSSR count). The first-order valence-electron chi connectivity index (χ1n) is 12.2. The monoisotopic (exact) mass is 488 g/mol. The first-order chi connectivity index (χ1) is 17.1. The lowest BCUT2D eigenvalue weighted by molar-refractivity contribution is 0.286. The molecule has 0 aliphatic carbocycles. The van der Waals surface area contributed by atoms with Crippen molar-refractivity contribution in [3.63, 3.8) is 0 Å². The van der Waals surface area contributed by atoms with Crippen molar-refractivity contribution in [2.75, 3.05) is 13.1 Å². The van der Waals surface area contributed by atoms with Crippen LogP contribution in [0, 0.1) is 17.1 Å². The summed E-state index contributed by atoms with van der Waals surface area (Å²) in [6.07, 6.45) is 3.84. The first-order valence-corrected chi connectivity index (χ1v) is 12.6. The number of hydrogen-bond acceptors (Lipinski definition) is 3. The summed E-state index contributed by atoms with van der Waals surface area (Å²) in [5.41, 5.74) is 5.58. The molecule has 0 spiro atoms. The first kappa shape index (κ1) is 24.9. The highest BCUT2D eigenvalue weighted by Crippen LogP contribution is 2.39. The van der Waals surface area contributed by atoms with Crippen LogP contribution in [-0.4, -0.2) is 23.1 Å². The van der Waals surface area contributed by atoms with E-state index in [1.807, 2.05) is 38.1 Å². The Morgan fingerprint density at radius 2 is 1.77 bits per heavy atom. The van der Waals surface area contributed by atoms with Crippen molar-refractivity contribution in [3.8, 4) is 17.2 Å². The third-order valence-electron chi connectivity index (χ3n) is 6.80.